The molecule has 0 bridgehead atoms. The second kappa shape index (κ2) is 5.13. The fraction of sp³-hybridized carbons (Fsp3) is 0.333. The van der Waals surface area contributed by atoms with Crippen LogP contribution in [0, 0.1) is 5.82 Å². The largest absolute Gasteiger partial charge is 0.504 e. The van der Waals surface area contributed by atoms with Gasteiger partial charge in [0.2, 0.25) is 5.82 Å². The predicted octanol–water partition coefficient (Wildman–Crippen LogP) is 2.40. The van der Waals surface area contributed by atoms with Crippen molar-refractivity contribution in [3.05, 3.63) is 17.4 Å². The topological polar surface area (TPSA) is 95.9 Å². The summed E-state index contributed by atoms with van der Waals surface area (Å²) in [4.78, 5) is 22.1. The molecular formula is C12H14FNO5. The van der Waals surface area contributed by atoms with Crippen LogP contribution in [-0.4, -0.2) is 28.2 Å². The molecule has 0 atom stereocenters. The second-order valence-electron chi connectivity index (χ2n) is 4.77. The first-order valence-electron chi connectivity index (χ1n) is 5.35. The zero-order valence-corrected chi connectivity index (χ0v) is 10.7. The number of amides is 1. The average molecular weight is 271 g/mol. The molecule has 3 N–H and O–H groups in total. The quantitative estimate of drug-likeness (QED) is 0.436. The highest BCUT2D eigenvalue weighted by atomic mass is 19.1. The highest BCUT2D eigenvalue weighted by Crippen LogP contribution is 2.35. The third kappa shape index (κ3) is 3.57. The van der Waals surface area contributed by atoms with Crippen LogP contribution in [0.25, 0.3) is 0 Å². The molecule has 19 heavy (non-hydrogen) atoms. The Labute approximate surface area is 108 Å². The molecule has 0 unspecified atom stereocenters. The molecular weight excluding hydrogens is 257 g/mol. The van der Waals surface area contributed by atoms with Crippen LogP contribution in [0.5, 0.6) is 11.5 Å². The first kappa shape index (κ1) is 14.7. The van der Waals surface area contributed by atoms with Crippen LogP contribution in [0.3, 0.4) is 0 Å². The fourth-order valence-electron chi connectivity index (χ4n) is 1.25. The third-order valence-electron chi connectivity index (χ3n) is 2.01. The number of hydrogen-bond acceptors (Lipinski definition) is 5. The van der Waals surface area contributed by atoms with Crippen LogP contribution < -0.4 is 5.32 Å². The smallest absolute Gasteiger partial charge is 0.412 e. The van der Waals surface area contributed by atoms with Crippen LogP contribution in [0.2, 0.25) is 0 Å². The lowest BCUT2D eigenvalue weighted by Gasteiger charge is -2.20. The fourth-order valence-corrected chi connectivity index (χ4v) is 1.25. The Bertz CT molecular complexity index is 522. The lowest BCUT2D eigenvalue weighted by Crippen LogP contribution is -2.27. The molecule has 104 valence electrons. The van der Waals surface area contributed by atoms with Crippen LogP contribution in [0.1, 0.15) is 31.1 Å². The van der Waals surface area contributed by atoms with Crippen LogP contribution >= 0.6 is 0 Å². The first-order valence-corrected chi connectivity index (χ1v) is 5.35. The van der Waals surface area contributed by atoms with Crippen molar-refractivity contribution in [1.29, 1.82) is 0 Å². The minimum absolute atomic E-state index is 0.193. The minimum Gasteiger partial charge on any atom is -0.504 e. The van der Waals surface area contributed by atoms with E-state index in [9.17, 15) is 24.2 Å². The van der Waals surface area contributed by atoms with Crippen molar-refractivity contribution in [3.8, 4) is 11.5 Å². The van der Waals surface area contributed by atoms with E-state index in [1.165, 1.54) is 0 Å². The number of aldehydes is 1. The van der Waals surface area contributed by atoms with Gasteiger partial charge in [-0.25, -0.2) is 4.79 Å². The van der Waals surface area contributed by atoms with Crippen molar-refractivity contribution in [1.82, 2.24) is 0 Å². The summed E-state index contributed by atoms with van der Waals surface area (Å²) in [7, 11) is 0. The molecule has 6 nitrogen and oxygen atoms in total. The Morgan fingerprint density at radius 3 is 2.42 bits per heavy atom. The number of carbonyl (C=O) groups excluding carboxylic acids is 2. The molecule has 0 aliphatic carbocycles. The van der Waals surface area contributed by atoms with Gasteiger partial charge in [-0.15, -0.1) is 0 Å². The van der Waals surface area contributed by atoms with Gasteiger partial charge in [-0.1, -0.05) is 0 Å². The van der Waals surface area contributed by atoms with Crippen molar-refractivity contribution in [3.63, 3.8) is 0 Å². The van der Waals surface area contributed by atoms with E-state index in [-0.39, 0.29) is 12.0 Å². The van der Waals surface area contributed by atoms with E-state index in [1.807, 2.05) is 0 Å². The number of phenolic OH excluding ortho intramolecular Hbond substituents is 2. The molecule has 0 spiro atoms. The number of hydrogen-bond donors (Lipinski definition) is 3. The number of nitrogens with one attached hydrogen (secondary N) is 1. The summed E-state index contributed by atoms with van der Waals surface area (Å²) in [6, 6.07) is 0.935. The van der Waals surface area contributed by atoms with Gasteiger partial charge in [-0.3, -0.25) is 10.1 Å². The number of phenols is 2. The van der Waals surface area contributed by atoms with E-state index in [2.05, 4.69) is 5.32 Å². The summed E-state index contributed by atoms with van der Waals surface area (Å²) in [5.74, 6) is -3.35. The van der Waals surface area contributed by atoms with Gasteiger partial charge in [0, 0.05) is 0 Å². The van der Waals surface area contributed by atoms with Crippen LogP contribution in [0.15, 0.2) is 6.07 Å². The molecule has 1 aromatic rings. The van der Waals surface area contributed by atoms with Crippen molar-refractivity contribution in [2.75, 3.05) is 5.32 Å². The summed E-state index contributed by atoms with van der Waals surface area (Å²) < 4.78 is 18.3. The Morgan fingerprint density at radius 2 is 1.95 bits per heavy atom. The number of aromatic hydroxyl groups is 2. The maximum Gasteiger partial charge on any atom is 0.412 e. The lowest BCUT2D eigenvalue weighted by molar-refractivity contribution is 0.0635. The summed E-state index contributed by atoms with van der Waals surface area (Å²) in [6.07, 6.45) is -0.734. The zero-order chi connectivity index (χ0) is 14.8. The third-order valence-corrected chi connectivity index (χ3v) is 2.01. The standard InChI is InChI=1S/C12H14FNO5/c1-12(2,3)19-11(18)14-7-4-6(5-15)9(16)8(13)10(7)17/h4-5,16-17H,1-3H3,(H,14,18). The lowest BCUT2D eigenvalue weighted by atomic mass is 10.1. The normalized spacial score (nSPS) is 10.9. The Balaban J connectivity index is 3.05. The highest BCUT2D eigenvalue weighted by molar-refractivity contribution is 5.90. The zero-order valence-electron chi connectivity index (χ0n) is 10.7. The minimum atomic E-state index is -1.39. The van der Waals surface area contributed by atoms with Crippen molar-refractivity contribution < 1.29 is 28.9 Å². The maximum absolute atomic E-state index is 13.4. The van der Waals surface area contributed by atoms with Gasteiger partial charge < -0.3 is 14.9 Å². The molecule has 0 saturated carbocycles. The summed E-state index contributed by atoms with van der Waals surface area (Å²) in [5.41, 5.74) is -1.55. The van der Waals surface area contributed by atoms with E-state index in [4.69, 9.17) is 4.74 Å². The van der Waals surface area contributed by atoms with Gasteiger partial charge in [0.15, 0.2) is 17.8 Å². The molecule has 1 amide bonds. The van der Waals surface area contributed by atoms with Gasteiger partial charge >= 0.3 is 6.09 Å². The second-order valence-corrected chi connectivity index (χ2v) is 4.77. The van der Waals surface area contributed by atoms with E-state index in [0.29, 0.717) is 0 Å². The van der Waals surface area contributed by atoms with Crippen LogP contribution in [0.4, 0.5) is 14.9 Å². The summed E-state index contributed by atoms with van der Waals surface area (Å²) >= 11 is 0. The van der Waals surface area contributed by atoms with E-state index in [0.717, 1.165) is 6.07 Å². The maximum atomic E-state index is 13.4. The SMILES string of the molecule is CC(C)(C)OC(=O)Nc1cc(C=O)c(O)c(F)c1O. The van der Waals surface area contributed by atoms with Crippen molar-refractivity contribution >= 4 is 18.1 Å². The van der Waals surface area contributed by atoms with E-state index < -0.39 is 34.6 Å². The molecule has 0 fully saturated rings. The molecule has 0 radical (unpaired) electrons. The molecule has 0 aliphatic heterocycles. The predicted molar refractivity (Wildman–Crippen MR) is 65.0 cm³/mol. The number of anilines is 1. The highest BCUT2D eigenvalue weighted by Gasteiger charge is 2.21. The van der Waals surface area contributed by atoms with Gasteiger partial charge in [0.25, 0.3) is 0 Å². The molecule has 0 saturated heterocycles. The van der Waals surface area contributed by atoms with Gasteiger partial charge in [-0.2, -0.15) is 4.39 Å². The number of ether oxygens (including phenoxy) is 1. The van der Waals surface area contributed by atoms with Crippen LogP contribution in [-0.2, 0) is 4.74 Å². The Kier molecular flexibility index (Phi) is 3.98. The number of benzene rings is 1. The first-order chi connectivity index (χ1) is 8.65. The Morgan fingerprint density at radius 1 is 1.37 bits per heavy atom. The number of rotatable bonds is 2. The molecule has 0 aliphatic rings. The van der Waals surface area contributed by atoms with E-state index in [1.54, 1.807) is 20.8 Å². The summed E-state index contributed by atoms with van der Waals surface area (Å²) in [5, 5.41) is 20.7. The number of carbonyl (C=O) groups is 2. The molecule has 1 aromatic carbocycles. The van der Waals surface area contributed by atoms with Crippen molar-refractivity contribution in [2.45, 2.75) is 26.4 Å². The van der Waals surface area contributed by atoms with Crippen molar-refractivity contribution in [2.24, 2.45) is 0 Å². The average Bonchev–Trinajstić information content (AvgIpc) is 2.27. The van der Waals surface area contributed by atoms with Gasteiger partial charge in [0.1, 0.15) is 5.60 Å². The molecule has 1 rings (SSSR count). The monoisotopic (exact) mass is 271 g/mol. The number of halogens is 1. The summed E-state index contributed by atoms with van der Waals surface area (Å²) in [6.45, 7) is 4.88. The Hall–Kier alpha value is -2.31. The van der Waals surface area contributed by atoms with Gasteiger partial charge in [-0.05, 0) is 26.8 Å². The molecule has 7 heteroatoms. The van der Waals surface area contributed by atoms with E-state index >= 15 is 0 Å². The van der Waals surface area contributed by atoms with Gasteiger partial charge in [0.05, 0.1) is 11.3 Å². The molecule has 0 aromatic heterocycles. The molecule has 0 heterocycles.